The topological polar surface area (TPSA) is 140 Å². The summed E-state index contributed by atoms with van der Waals surface area (Å²) in [7, 11) is 0. The molecule has 8 nitrogen and oxygen atoms in total. The second-order valence-corrected chi connectivity index (χ2v) is 4.11. The molecule has 0 aliphatic heterocycles. The van der Waals surface area contributed by atoms with Gasteiger partial charge in [0.1, 0.15) is 5.75 Å². The van der Waals surface area contributed by atoms with Crippen LogP contribution >= 0.6 is 0 Å². The van der Waals surface area contributed by atoms with Gasteiger partial charge in [0, 0.05) is 12.1 Å². The van der Waals surface area contributed by atoms with Crippen molar-refractivity contribution in [2.45, 2.75) is 0 Å². The Hall–Kier alpha value is -3.29. The van der Waals surface area contributed by atoms with Crippen molar-refractivity contribution in [2.75, 3.05) is 5.32 Å². The van der Waals surface area contributed by atoms with Crippen LogP contribution in [0.15, 0.2) is 35.1 Å². The van der Waals surface area contributed by atoms with Gasteiger partial charge < -0.3 is 20.6 Å². The molecule has 1 heterocycles. The second-order valence-electron chi connectivity index (χ2n) is 4.11. The van der Waals surface area contributed by atoms with Crippen molar-refractivity contribution in [3.05, 3.63) is 51.8 Å². The molecular weight excluding hydrogens is 280 g/mol. The maximum Gasteiger partial charge on any atom is 0.335 e. The molecule has 0 unspecified atom stereocenters. The molecule has 0 spiro atoms. The first-order valence-electron chi connectivity index (χ1n) is 5.68. The van der Waals surface area contributed by atoms with Gasteiger partial charge in [0.15, 0.2) is 5.88 Å². The first-order chi connectivity index (χ1) is 9.86. The number of pyridine rings is 1. The van der Waals surface area contributed by atoms with Crippen LogP contribution in [-0.2, 0) is 0 Å². The second kappa shape index (κ2) is 5.37. The normalized spacial score (nSPS) is 10.1. The number of rotatable bonds is 3. The first-order valence-corrected chi connectivity index (χ1v) is 5.68. The highest BCUT2D eigenvalue weighted by Crippen LogP contribution is 2.25. The van der Waals surface area contributed by atoms with Crippen LogP contribution in [0.4, 0.5) is 5.69 Å². The van der Waals surface area contributed by atoms with Gasteiger partial charge in [0.05, 0.1) is 16.8 Å². The van der Waals surface area contributed by atoms with E-state index in [0.29, 0.717) is 0 Å². The molecule has 1 amide bonds. The molecule has 2 rings (SSSR count). The molecular formula is C13H10N2O6. The largest absolute Gasteiger partial charge is 0.506 e. The van der Waals surface area contributed by atoms with Crippen molar-refractivity contribution in [1.29, 1.82) is 0 Å². The number of H-pyrrole nitrogens is 1. The predicted molar refractivity (Wildman–Crippen MR) is 71.7 cm³/mol. The molecule has 0 atom stereocenters. The van der Waals surface area contributed by atoms with Crippen LogP contribution < -0.4 is 10.9 Å². The number of nitrogens with one attached hydrogen (secondary N) is 2. The van der Waals surface area contributed by atoms with Crippen molar-refractivity contribution in [3.63, 3.8) is 0 Å². The lowest BCUT2D eigenvalue weighted by atomic mass is 10.1. The van der Waals surface area contributed by atoms with Crippen molar-refractivity contribution in [2.24, 2.45) is 0 Å². The number of hydrogen-bond donors (Lipinski definition) is 5. The van der Waals surface area contributed by atoms with E-state index in [9.17, 15) is 24.6 Å². The fraction of sp³-hybridized carbons (Fsp3) is 0. The molecule has 0 aliphatic carbocycles. The highest BCUT2D eigenvalue weighted by atomic mass is 16.4. The third-order valence-electron chi connectivity index (χ3n) is 2.58. The Labute approximate surface area is 117 Å². The number of aromatic nitrogens is 1. The van der Waals surface area contributed by atoms with E-state index in [2.05, 4.69) is 10.3 Å². The van der Waals surface area contributed by atoms with Crippen LogP contribution in [0.3, 0.4) is 0 Å². The number of phenols is 1. The summed E-state index contributed by atoms with van der Waals surface area (Å²) < 4.78 is 0. The van der Waals surface area contributed by atoms with Crippen LogP contribution in [0.2, 0.25) is 0 Å². The molecule has 5 N–H and O–H groups in total. The zero-order valence-corrected chi connectivity index (χ0v) is 10.5. The Morgan fingerprint density at radius 3 is 2.38 bits per heavy atom. The van der Waals surface area contributed by atoms with E-state index < -0.39 is 23.3 Å². The lowest BCUT2D eigenvalue weighted by molar-refractivity contribution is 0.0696. The smallest absolute Gasteiger partial charge is 0.335 e. The molecule has 0 aliphatic rings. The maximum atomic E-state index is 11.9. The van der Waals surface area contributed by atoms with Crippen LogP contribution in [0.25, 0.3) is 0 Å². The van der Waals surface area contributed by atoms with Crippen LogP contribution in [0.1, 0.15) is 20.7 Å². The Morgan fingerprint density at radius 1 is 1.05 bits per heavy atom. The zero-order chi connectivity index (χ0) is 15.6. The number of hydrogen-bond acceptors (Lipinski definition) is 5. The highest BCUT2D eigenvalue weighted by molar-refractivity contribution is 6.05. The van der Waals surface area contributed by atoms with Gasteiger partial charge in [-0.2, -0.15) is 0 Å². The van der Waals surface area contributed by atoms with Crippen molar-refractivity contribution in [1.82, 2.24) is 4.98 Å². The summed E-state index contributed by atoms with van der Waals surface area (Å²) in [6.45, 7) is 0. The molecule has 1 aromatic heterocycles. The summed E-state index contributed by atoms with van der Waals surface area (Å²) in [4.78, 5) is 36.0. The summed E-state index contributed by atoms with van der Waals surface area (Å²) in [5.74, 6) is -2.83. The van der Waals surface area contributed by atoms with Gasteiger partial charge in [-0.05, 0) is 18.2 Å². The number of aromatic amines is 1. The van der Waals surface area contributed by atoms with Gasteiger partial charge in [-0.15, -0.1) is 0 Å². The lowest BCUT2D eigenvalue weighted by Crippen LogP contribution is -2.16. The fourth-order valence-electron chi connectivity index (χ4n) is 1.62. The predicted octanol–water partition coefficient (Wildman–Crippen LogP) is 0.737. The number of aromatic carboxylic acids is 1. The third-order valence-corrected chi connectivity index (χ3v) is 2.58. The summed E-state index contributed by atoms with van der Waals surface area (Å²) in [5, 5.41) is 29.9. The standard InChI is InChI=1S/C13H10N2O6/c16-9-2-1-6(13(20)21)3-8(9)14-12(19)7-4-10(17)15-11(18)5-7/h1-5,16H,(H,14,19)(H,20,21)(H2,15,17,18). The molecule has 0 bridgehead atoms. The van der Waals surface area contributed by atoms with E-state index in [1.54, 1.807) is 0 Å². The summed E-state index contributed by atoms with van der Waals surface area (Å²) in [6, 6.07) is 5.34. The van der Waals surface area contributed by atoms with Crippen molar-refractivity contribution >= 4 is 17.6 Å². The van der Waals surface area contributed by atoms with Gasteiger partial charge in [-0.3, -0.25) is 14.6 Å². The minimum absolute atomic E-state index is 0.125. The van der Waals surface area contributed by atoms with Gasteiger partial charge in [-0.25, -0.2) is 4.79 Å². The van der Waals surface area contributed by atoms with E-state index >= 15 is 0 Å². The number of amides is 1. The van der Waals surface area contributed by atoms with E-state index in [4.69, 9.17) is 5.11 Å². The number of phenolic OH excluding ortho intramolecular Hbond substituents is 1. The average molecular weight is 290 g/mol. The van der Waals surface area contributed by atoms with Gasteiger partial charge in [0.2, 0.25) is 0 Å². The Kier molecular flexibility index (Phi) is 3.61. The van der Waals surface area contributed by atoms with Crippen LogP contribution in [-0.4, -0.2) is 32.2 Å². The summed E-state index contributed by atoms with van der Waals surface area (Å²) in [6.07, 6.45) is 0. The molecule has 21 heavy (non-hydrogen) atoms. The van der Waals surface area contributed by atoms with Crippen LogP contribution in [0.5, 0.6) is 11.6 Å². The number of anilines is 1. The Bertz CT molecular complexity index is 780. The van der Waals surface area contributed by atoms with Gasteiger partial charge in [-0.1, -0.05) is 0 Å². The third kappa shape index (κ3) is 3.18. The monoisotopic (exact) mass is 290 g/mol. The summed E-state index contributed by atoms with van der Waals surface area (Å²) >= 11 is 0. The SMILES string of the molecule is O=C(O)c1ccc(O)c(NC(=O)c2cc(O)[nH]c(=O)c2)c1. The molecule has 0 radical (unpaired) electrons. The van der Waals surface area contributed by atoms with E-state index in [0.717, 1.165) is 24.3 Å². The molecule has 0 fully saturated rings. The first kappa shape index (κ1) is 14.1. The van der Waals surface area contributed by atoms with E-state index in [1.807, 2.05) is 0 Å². The van der Waals surface area contributed by atoms with Gasteiger partial charge in [0.25, 0.3) is 11.5 Å². The zero-order valence-electron chi connectivity index (χ0n) is 10.5. The number of carbonyl (C=O) groups is 2. The summed E-state index contributed by atoms with van der Waals surface area (Å²) in [5.41, 5.74) is -1.07. The van der Waals surface area contributed by atoms with E-state index in [1.165, 1.54) is 6.07 Å². The molecule has 8 heteroatoms. The number of aromatic hydroxyl groups is 2. The average Bonchev–Trinajstić information content (AvgIpc) is 2.39. The molecule has 2 aromatic rings. The van der Waals surface area contributed by atoms with E-state index in [-0.39, 0.29) is 22.6 Å². The molecule has 0 saturated carbocycles. The Balaban J connectivity index is 2.33. The lowest BCUT2D eigenvalue weighted by Gasteiger charge is -2.08. The number of carbonyl (C=O) groups excluding carboxylic acids is 1. The maximum absolute atomic E-state index is 11.9. The molecule has 108 valence electrons. The van der Waals surface area contributed by atoms with Crippen molar-refractivity contribution in [3.8, 4) is 11.6 Å². The highest BCUT2D eigenvalue weighted by Gasteiger charge is 2.13. The number of carboxylic acid groups (broad SMARTS) is 1. The quantitative estimate of drug-likeness (QED) is 0.528. The molecule has 1 aromatic carbocycles. The van der Waals surface area contributed by atoms with Gasteiger partial charge >= 0.3 is 5.97 Å². The minimum Gasteiger partial charge on any atom is -0.506 e. The Morgan fingerprint density at radius 2 is 1.76 bits per heavy atom. The minimum atomic E-state index is -1.22. The molecule has 0 saturated heterocycles. The fourth-order valence-corrected chi connectivity index (χ4v) is 1.62. The number of benzene rings is 1. The van der Waals surface area contributed by atoms with Crippen LogP contribution in [0, 0.1) is 0 Å². The number of carboxylic acids is 1. The van der Waals surface area contributed by atoms with Crippen molar-refractivity contribution < 1.29 is 24.9 Å².